The van der Waals surface area contributed by atoms with Crippen molar-refractivity contribution in [2.45, 2.75) is 19.4 Å². The third kappa shape index (κ3) is 3.74. The molecule has 0 unspecified atom stereocenters. The topological polar surface area (TPSA) is 24.1 Å². The maximum absolute atomic E-state index is 13.5. The zero-order valence-corrected chi connectivity index (χ0v) is 12.7. The van der Waals surface area contributed by atoms with E-state index in [-0.39, 0.29) is 18.2 Å². The molecule has 1 heterocycles. The molecular formula is C17H20ClFN2. The average molecular weight is 307 g/mol. The molecule has 0 radical (unpaired) electrons. The monoisotopic (exact) mass is 306 g/mol. The smallest absolute Gasteiger partial charge is 0.126 e. The summed E-state index contributed by atoms with van der Waals surface area (Å²) in [4.78, 5) is 0. The summed E-state index contributed by atoms with van der Waals surface area (Å²) in [5, 5.41) is 6.84. The fraction of sp³-hybridized carbons (Fsp3) is 0.294. The molecule has 1 aliphatic rings. The van der Waals surface area contributed by atoms with Crippen LogP contribution in [0.2, 0.25) is 0 Å². The van der Waals surface area contributed by atoms with E-state index in [0.29, 0.717) is 0 Å². The maximum atomic E-state index is 13.5. The number of halogens is 2. The van der Waals surface area contributed by atoms with Crippen molar-refractivity contribution in [2.24, 2.45) is 0 Å². The highest BCUT2D eigenvalue weighted by Gasteiger charge is 2.12. The summed E-state index contributed by atoms with van der Waals surface area (Å²) >= 11 is 0. The number of hydrogen-bond acceptors (Lipinski definition) is 2. The zero-order valence-electron chi connectivity index (χ0n) is 11.9. The van der Waals surface area contributed by atoms with Crippen LogP contribution in [-0.4, -0.2) is 13.1 Å². The van der Waals surface area contributed by atoms with E-state index in [1.165, 1.54) is 22.9 Å². The Morgan fingerprint density at radius 1 is 1.05 bits per heavy atom. The van der Waals surface area contributed by atoms with Gasteiger partial charge >= 0.3 is 0 Å². The molecule has 2 aromatic rings. The summed E-state index contributed by atoms with van der Waals surface area (Å²) in [7, 11) is 0. The summed E-state index contributed by atoms with van der Waals surface area (Å²) in [6, 6.07) is 13.4. The van der Waals surface area contributed by atoms with Crippen LogP contribution in [0.5, 0.6) is 0 Å². The van der Waals surface area contributed by atoms with Gasteiger partial charge in [-0.25, -0.2) is 4.39 Å². The minimum absolute atomic E-state index is 0. The van der Waals surface area contributed by atoms with Gasteiger partial charge in [-0.2, -0.15) is 0 Å². The third-order valence-electron chi connectivity index (χ3n) is 3.78. The normalized spacial score (nSPS) is 12.4. The van der Waals surface area contributed by atoms with Gasteiger partial charge in [0.15, 0.2) is 0 Å². The second kappa shape index (κ2) is 7.43. The van der Waals surface area contributed by atoms with Crippen molar-refractivity contribution >= 4 is 18.1 Å². The Labute approximate surface area is 131 Å². The molecule has 0 fully saturated rings. The SMILES string of the molecule is Cl.Fc1ccccc1CCNCc1cccc2c1NCC2. The number of anilines is 1. The number of rotatable bonds is 5. The first-order valence-electron chi connectivity index (χ1n) is 7.13. The van der Waals surface area contributed by atoms with Crippen LogP contribution in [0.15, 0.2) is 42.5 Å². The molecule has 21 heavy (non-hydrogen) atoms. The lowest BCUT2D eigenvalue weighted by molar-refractivity contribution is 0.598. The largest absolute Gasteiger partial charge is 0.384 e. The van der Waals surface area contributed by atoms with Crippen LogP contribution in [0.25, 0.3) is 0 Å². The minimum Gasteiger partial charge on any atom is -0.384 e. The Morgan fingerprint density at radius 3 is 2.71 bits per heavy atom. The van der Waals surface area contributed by atoms with E-state index in [4.69, 9.17) is 0 Å². The number of benzene rings is 2. The van der Waals surface area contributed by atoms with Crippen molar-refractivity contribution in [1.82, 2.24) is 5.32 Å². The molecule has 0 atom stereocenters. The van der Waals surface area contributed by atoms with Crippen LogP contribution >= 0.6 is 12.4 Å². The average Bonchev–Trinajstić information content (AvgIpc) is 2.94. The van der Waals surface area contributed by atoms with Gasteiger partial charge in [-0.15, -0.1) is 12.4 Å². The Hall–Kier alpha value is -1.58. The Bertz CT molecular complexity index is 601. The molecule has 0 aliphatic carbocycles. The summed E-state index contributed by atoms with van der Waals surface area (Å²) in [6.07, 6.45) is 1.83. The van der Waals surface area contributed by atoms with Crippen LogP contribution in [0, 0.1) is 5.82 Å². The first-order valence-corrected chi connectivity index (χ1v) is 7.13. The first kappa shape index (κ1) is 15.8. The third-order valence-corrected chi connectivity index (χ3v) is 3.78. The molecule has 4 heteroatoms. The van der Waals surface area contributed by atoms with Gasteiger partial charge in [0.2, 0.25) is 0 Å². The first-order chi connectivity index (χ1) is 9.84. The second-order valence-electron chi connectivity index (χ2n) is 5.15. The molecule has 0 aromatic heterocycles. The van der Waals surface area contributed by atoms with Crippen LogP contribution in [0.3, 0.4) is 0 Å². The highest BCUT2D eigenvalue weighted by atomic mass is 35.5. The van der Waals surface area contributed by atoms with Crippen LogP contribution in [0.1, 0.15) is 16.7 Å². The van der Waals surface area contributed by atoms with Crippen LogP contribution in [0.4, 0.5) is 10.1 Å². The lowest BCUT2D eigenvalue weighted by Gasteiger charge is -2.10. The summed E-state index contributed by atoms with van der Waals surface area (Å²) in [5.74, 6) is -0.114. The predicted molar refractivity (Wildman–Crippen MR) is 87.7 cm³/mol. The van der Waals surface area contributed by atoms with Gasteiger partial charge in [-0.1, -0.05) is 36.4 Å². The highest BCUT2D eigenvalue weighted by Crippen LogP contribution is 2.26. The van der Waals surface area contributed by atoms with E-state index in [1.807, 2.05) is 12.1 Å². The van der Waals surface area contributed by atoms with Gasteiger partial charge < -0.3 is 10.6 Å². The summed E-state index contributed by atoms with van der Waals surface area (Å²) in [6.45, 7) is 2.64. The molecule has 2 N–H and O–H groups in total. The lowest BCUT2D eigenvalue weighted by atomic mass is 10.1. The highest BCUT2D eigenvalue weighted by molar-refractivity contribution is 5.85. The van der Waals surface area contributed by atoms with Gasteiger partial charge in [0.25, 0.3) is 0 Å². The van der Waals surface area contributed by atoms with Crippen molar-refractivity contribution in [3.05, 3.63) is 65.0 Å². The minimum atomic E-state index is -0.114. The van der Waals surface area contributed by atoms with Gasteiger partial charge in [-0.05, 0) is 42.1 Å². The van der Waals surface area contributed by atoms with Gasteiger partial charge in [0.1, 0.15) is 5.82 Å². The molecule has 0 spiro atoms. The second-order valence-corrected chi connectivity index (χ2v) is 5.15. The standard InChI is InChI=1S/C17H19FN2.ClH/c18-16-7-2-1-4-13(16)8-10-19-12-15-6-3-5-14-9-11-20-17(14)15;/h1-7,19-20H,8-12H2;1H. The molecule has 0 amide bonds. The van der Waals surface area contributed by atoms with Gasteiger partial charge in [0, 0.05) is 18.8 Å². The van der Waals surface area contributed by atoms with Gasteiger partial charge in [0.05, 0.1) is 0 Å². The maximum Gasteiger partial charge on any atom is 0.126 e. The van der Waals surface area contributed by atoms with E-state index in [9.17, 15) is 4.39 Å². The van der Waals surface area contributed by atoms with Crippen LogP contribution in [-0.2, 0) is 19.4 Å². The van der Waals surface area contributed by atoms with E-state index in [2.05, 4.69) is 28.8 Å². The lowest BCUT2D eigenvalue weighted by Crippen LogP contribution is -2.17. The predicted octanol–water partition coefficient (Wildman–Crippen LogP) is 3.55. The Kier molecular flexibility index (Phi) is 5.59. The van der Waals surface area contributed by atoms with Gasteiger partial charge in [-0.3, -0.25) is 0 Å². The molecule has 2 nitrogen and oxygen atoms in total. The molecular weight excluding hydrogens is 287 g/mol. The number of nitrogens with one attached hydrogen (secondary N) is 2. The fourth-order valence-electron chi connectivity index (χ4n) is 2.71. The van der Waals surface area contributed by atoms with Crippen molar-refractivity contribution in [1.29, 1.82) is 0 Å². The van der Waals surface area contributed by atoms with Crippen molar-refractivity contribution in [3.8, 4) is 0 Å². The molecule has 0 bridgehead atoms. The number of fused-ring (bicyclic) bond motifs is 1. The van der Waals surface area contributed by atoms with E-state index in [1.54, 1.807) is 6.07 Å². The van der Waals surface area contributed by atoms with E-state index in [0.717, 1.165) is 38.0 Å². The zero-order chi connectivity index (χ0) is 13.8. The number of hydrogen-bond donors (Lipinski definition) is 2. The molecule has 1 aliphatic heterocycles. The molecule has 2 aromatic carbocycles. The van der Waals surface area contributed by atoms with Crippen LogP contribution < -0.4 is 10.6 Å². The van der Waals surface area contributed by atoms with E-state index >= 15 is 0 Å². The van der Waals surface area contributed by atoms with E-state index < -0.39 is 0 Å². The summed E-state index contributed by atoms with van der Waals surface area (Å²) in [5.41, 5.74) is 4.76. The van der Waals surface area contributed by atoms with Crippen molar-refractivity contribution < 1.29 is 4.39 Å². The van der Waals surface area contributed by atoms with Crippen molar-refractivity contribution in [3.63, 3.8) is 0 Å². The molecule has 3 rings (SSSR count). The van der Waals surface area contributed by atoms with Crippen molar-refractivity contribution in [2.75, 3.05) is 18.4 Å². The number of para-hydroxylation sites is 1. The fourth-order valence-corrected chi connectivity index (χ4v) is 2.71. The summed E-state index contributed by atoms with van der Waals surface area (Å²) < 4.78 is 13.5. The molecule has 0 saturated carbocycles. The quantitative estimate of drug-likeness (QED) is 0.826. The Morgan fingerprint density at radius 2 is 1.86 bits per heavy atom. The molecule has 0 saturated heterocycles. The Balaban J connectivity index is 0.00000161. The molecule has 112 valence electrons.